The molecule has 0 aliphatic rings. The second-order valence-electron chi connectivity index (χ2n) is 11.8. The maximum atomic E-state index is 12.3. The average molecular weight is 609 g/mol. The van der Waals surface area contributed by atoms with Gasteiger partial charge in [-0.05, 0) is 89.0 Å². The van der Waals surface area contributed by atoms with Crippen LogP contribution in [0, 0.1) is 0 Å². The topological polar surface area (TPSA) is 76.5 Å². The normalized spacial score (nSPS) is 12.2. The van der Waals surface area contributed by atoms with Crippen molar-refractivity contribution in [1.29, 1.82) is 0 Å². The zero-order valence-electron chi connectivity index (χ0n) is 27.5. The van der Waals surface area contributed by atoms with Crippen LogP contribution in [-0.2, 0) is 21.4 Å². The fraction of sp³-hybridized carbons (Fsp3) is 0.853. The van der Waals surface area contributed by atoms with Gasteiger partial charge >= 0.3 is 5.97 Å². The Kier molecular flexibility index (Phi) is 26.1. The van der Waals surface area contributed by atoms with Gasteiger partial charge < -0.3 is 14.4 Å². The predicted molar refractivity (Wildman–Crippen MR) is 178 cm³/mol. The third-order valence-corrected chi connectivity index (χ3v) is 8.68. The van der Waals surface area contributed by atoms with Gasteiger partial charge in [-0.25, -0.2) is 0 Å². The van der Waals surface area contributed by atoms with Gasteiger partial charge in [-0.1, -0.05) is 84.5 Å². The van der Waals surface area contributed by atoms with Crippen LogP contribution in [0.25, 0.3) is 0 Å². The zero-order chi connectivity index (χ0) is 30.5. The van der Waals surface area contributed by atoms with E-state index >= 15 is 0 Å². The maximum Gasteiger partial charge on any atom is 0.306 e. The Hall–Kier alpha value is -1.38. The molecular weight excluding hydrogens is 544 g/mol. The number of hydrogen-bond acceptors (Lipinski definition) is 7. The molecule has 244 valence electrons. The minimum absolute atomic E-state index is 0.0000136. The molecule has 7 nitrogen and oxygen atoms in total. The lowest BCUT2D eigenvalue weighted by Crippen LogP contribution is -2.29. The van der Waals surface area contributed by atoms with Gasteiger partial charge in [0.1, 0.15) is 17.4 Å². The third kappa shape index (κ3) is 23.1. The third-order valence-electron chi connectivity index (χ3n) is 7.90. The number of carbonyl (C=O) groups is 2. The molecule has 1 atom stereocenters. The number of hydrogen-bond donors (Lipinski definition) is 1. The van der Waals surface area contributed by atoms with E-state index in [-0.39, 0.29) is 12.1 Å². The van der Waals surface area contributed by atoms with Crippen molar-refractivity contribution in [3.63, 3.8) is 0 Å². The molecule has 0 aliphatic carbocycles. The highest BCUT2D eigenvalue weighted by Gasteiger charge is 2.12. The summed E-state index contributed by atoms with van der Waals surface area (Å²) in [7, 11) is 1.94. The van der Waals surface area contributed by atoms with E-state index in [2.05, 4.69) is 28.6 Å². The van der Waals surface area contributed by atoms with Gasteiger partial charge in [-0.15, -0.1) is 0 Å². The second kappa shape index (κ2) is 28.4. The van der Waals surface area contributed by atoms with Crippen molar-refractivity contribution in [2.45, 2.75) is 160 Å². The fourth-order valence-corrected chi connectivity index (χ4v) is 5.95. The quantitative estimate of drug-likeness (QED) is 0.0391. The van der Waals surface area contributed by atoms with Crippen molar-refractivity contribution in [2.24, 2.45) is 7.05 Å². The lowest BCUT2D eigenvalue weighted by molar-refractivity contribution is -0.149. The number of unbranched alkanes of at least 4 members (excludes halogenated alkanes) is 14. The van der Waals surface area contributed by atoms with E-state index in [4.69, 9.17) is 4.74 Å². The molecule has 1 aromatic rings. The molecule has 8 heteroatoms. The van der Waals surface area contributed by atoms with Crippen molar-refractivity contribution >= 4 is 24.2 Å². The molecule has 0 radical (unpaired) electrons. The van der Waals surface area contributed by atoms with Crippen LogP contribution in [0.2, 0.25) is 0 Å². The highest BCUT2D eigenvalue weighted by molar-refractivity contribution is 7.97. The van der Waals surface area contributed by atoms with E-state index in [1.165, 1.54) is 83.5 Å². The Morgan fingerprint density at radius 1 is 0.905 bits per heavy atom. The summed E-state index contributed by atoms with van der Waals surface area (Å²) in [6.45, 7) is 8.77. The number of aryl methyl sites for hydroxylation is 1. The second-order valence-corrected chi connectivity index (χ2v) is 12.7. The van der Waals surface area contributed by atoms with Gasteiger partial charge in [-0.3, -0.25) is 14.2 Å². The highest BCUT2D eigenvalue weighted by atomic mass is 32.2. The lowest BCUT2D eigenvalue weighted by atomic mass is 10.1. The summed E-state index contributed by atoms with van der Waals surface area (Å²) in [4.78, 5) is 25.5. The number of ether oxygens (including phenoxy) is 1. The molecule has 0 saturated carbocycles. The van der Waals surface area contributed by atoms with Gasteiger partial charge in [0, 0.05) is 32.6 Å². The summed E-state index contributed by atoms with van der Waals surface area (Å²) in [6, 6.07) is 2.03. The average Bonchev–Trinajstić information content (AvgIpc) is 3.41. The van der Waals surface area contributed by atoms with Crippen LogP contribution in [-0.4, -0.2) is 59.2 Å². The standard InChI is InChI=1S/C34H64N4O3S/c1-4-6-7-8-12-17-23-32(5-2)41-34(40)24-18-13-11-15-20-28-38(27-19-14-9-10-16-21-31-39)29-22-26-35-42-33-25-30-37(3)36-33/h25,30-32,35H,4-24,26-29H2,1-3H3. The predicted octanol–water partition coefficient (Wildman–Crippen LogP) is 8.66. The Bertz CT molecular complexity index is 761. The van der Waals surface area contributed by atoms with Crippen molar-refractivity contribution in [3.05, 3.63) is 12.3 Å². The van der Waals surface area contributed by atoms with Gasteiger partial charge in [0.25, 0.3) is 0 Å². The summed E-state index contributed by atoms with van der Waals surface area (Å²) in [5, 5.41) is 5.41. The number of rotatable bonds is 31. The molecule has 1 aromatic heterocycles. The van der Waals surface area contributed by atoms with E-state index in [9.17, 15) is 9.59 Å². The van der Waals surface area contributed by atoms with Gasteiger partial charge in [0.15, 0.2) is 0 Å². The van der Waals surface area contributed by atoms with Crippen LogP contribution >= 0.6 is 11.9 Å². The molecule has 1 N–H and O–H groups in total. The number of nitrogens with zero attached hydrogens (tertiary/aromatic N) is 3. The summed E-state index contributed by atoms with van der Waals surface area (Å²) >= 11 is 1.61. The van der Waals surface area contributed by atoms with Gasteiger partial charge in [0.2, 0.25) is 0 Å². The molecule has 1 rings (SSSR count). The molecule has 1 heterocycles. The molecule has 0 spiro atoms. The first-order valence-electron chi connectivity index (χ1n) is 17.3. The monoisotopic (exact) mass is 608 g/mol. The molecule has 0 saturated heterocycles. The largest absolute Gasteiger partial charge is 0.462 e. The van der Waals surface area contributed by atoms with E-state index in [0.29, 0.717) is 12.8 Å². The number of carbonyl (C=O) groups excluding carboxylic acids is 2. The van der Waals surface area contributed by atoms with Crippen LogP contribution in [0.1, 0.15) is 149 Å². The highest BCUT2D eigenvalue weighted by Crippen LogP contribution is 2.15. The van der Waals surface area contributed by atoms with E-state index in [0.717, 1.165) is 76.0 Å². The number of esters is 1. The van der Waals surface area contributed by atoms with E-state index < -0.39 is 0 Å². The molecule has 42 heavy (non-hydrogen) atoms. The minimum Gasteiger partial charge on any atom is -0.462 e. The number of aromatic nitrogens is 2. The first-order chi connectivity index (χ1) is 20.6. The molecule has 0 aromatic carbocycles. The summed E-state index contributed by atoms with van der Waals surface area (Å²) in [5.41, 5.74) is 0. The first kappa shape index (κ1) is 38.6. The van der Waals surface area contributed by atoms with Crippen LogP contribution < -0.4 is 4.72 Å². The first-order valence-corrected chi connectivity index (χ1v) is 18.2. The van der Waals surface area contributed by atoms with Crippen LogP contribution in [0.3, 0.4) is 0 Å². The molecule has 1 unspecified atom stereocenters. The van der Waals surface area contributed by atoms with Crippen LogP contribution in [0.4, 0.5) is 0 Å². The summed E-state index contributed by atoms with van der Waals surface area (Å²) in [6.07, 6.45) is 26.7. The number of nitrogens with one attached hydrogen (secondary N) is 1. The molecular formula is C34H64N4O3S. The Morgan fingerprint density at radius 3 is 2.17 bits per heavy atom. The lowest BCUT2D eigenvalue weighted by Gasteiger charge is -2.22. The van der Waals surface area contributed by atoms with Crippen molar-refractivity contribution < 1.29 is 14.3 Å². The fourth-order valence-electron chi connectivity index (χ4n) is 5.26. The van der Waals surface area contributed by atoms with Crippen molar-refractivity contribution in [3.8, 4) is 0 Å². The summed E-state index contributed by atoms with van der Waals surface area (Å²) < 4.78 is 11.0. The van der Waals surface area contributed by atoms with Crippen molar-refractivity contribution in [2.75, 3.05) is 26.2 Å². The molecule has 0 fully saturated rings. The number of aldehydes is 1. The van der Waals surface area contributed by atoms with E-state index in [1.807, 2.05) is 24.0 Å². The van der Waals surface area contributed by atoms with Gasteiger partial charge in [0.05, 0.1) is 0 Å². The van der Waals surface area contributed by atoms with Crippen LogP contribution in [0.5, 0.6) is 0 Å². The maximum absolute atomic E-state index is 12.3. The minimum atomic E-state index is -0.0000136. The SMILES string of the molecule is CCCCCCCCC(CC)OC(=O)CCCCCCCN(CCCCCCCC=O)CCCNSc1ccn(C)n1. The zero-order valence-corrected chi connectivity index (χ0v) is 28.3. The Labute approximate surface area is 262 Å². The van der Waals surface area contributed by atoms with Crippen molar-refractivity contribution in [1.82, 2.24) is 19.4 Å². The molecule has 0 aliphatic heterocycles. The molecule has 0 amide bonds. The molecule has 0 bridgehead atoms. The van der Waals surface area contributed by atoms with E-state index in [1.54, 1.807) is 11.9 Å². The Morgan fingerprint density at radius 2 is 1.52 bits per heavy atom. The van der Waals surface area contributed by atoms with Gasteiger partial charge in [-0.2, -0.15) is 5.10 Å². The summed E-state index contributed by atoms with van der Waals surface area (Å²) in [5.74, 6) is -0.0000136. The van der Waals surface area contributed by atoms with Crippen LogP contribution in [0.15, 0.2) is 17.3 Å². The smallest absolute Gasteiger partial charge is 0.306 e. The Balaban J connectivity index is 2.17.